The second-order valence-electron chi connectivity index (χ2n) is 7.34. The van der Waals surface area contributed by atoms with Gasteiger partial charge in [-0.05, 0) is 37.1 Å². The number of nitrogens with zero attached hydrogens (tertiary/aromatic N) is 4. The predicted octanol–water partition coefficient (Wildman–Crippen LogP) is 2.15. The maximum absolute atomic E-state index is 12.6. The van der Waals surface area contributed by atoms with Crippen LogP contribution in [0.25, 0.3) is 5.69 Å². The highest BCUT2D eigenvalue weighted by Gasteiger charge is 2.26. The molecule has 7 nitrogen and oxygen atoms in total. The topological polar surface area (TPSA) is 70.5 Å². The summed E-state index contributed by atoms with van der Waals surface area (Å²) in [6.07, 6.45) is 5.86. The summed E-state index contributed by atoms with van der Waals surface area (Å²) < 4.78 is 3.01. The Morgan fingerprint density at radius 1 is 1.14 bits per heavy atom. The maximum Gasteiger partial charge on any atom is 0.234 e. The fourth-order valence-corrected chi connectivity index (χ4v) is 4.41. The lowest BCUT2D eigenvalue weighted by atomic mass is 10.3. The molecule has 9 heteroatoms. The van der Waals surface area contributed by atoms with Crippen molar-refractivity contribution in [2.24, 2.45) is 0 Å². The Bertz CT molecular complexity index is 860. The number of carbonyl (C=O) groups is 2. The minimum absolute atomic E-state index is 0.0996. The zero-order valence-corrected chi connectivity index (χ0v) is 18.5. The molecule has 29 heavy (non-hydrogen) atoms. The molecule has 1 saturated carbocycles. The molecule has 2 heterocycles. The predicted molar refractivity (Wildman–Crippen MR) is 116 cm³/mol. The van der Waals surface area contributed by atoms with Gasteiger partial charge in [0.1, 0.15) is 0 Å². The Hall–Kier alpha value is -1.84. The molecule has 0 atom stereocenters. The molecule has 2 fully saturated rings. The number of imidazole rings is 1. The summed E-state index contributed by atoms with van der Waals surface area (Å²) in [7, 11) is 0. The first-order chi connectivity index (χ1) is 14.1. The summed E-state index contributed by atoms with van der Waals surface area (Å²) in [5, 5.41) is 3.82. The first-order valence-electron chi connectivity index (χ1n) is 9.80. The van der Waals surface area contributed by atoms with E-state index in [1.807, 2.05) is 39.9 Å². The van der Waals surface area contributed by atoms with E-state index in [0.717, 1.165) is 41.2 Å². The SMILES string of the molecule is O=C(CN1CCN(C(=O)CSc2nccn2-c2ccc(Br)cc2)CC1)NC1CC1. The highest BCUT2D eigenvalue weighted by atomic mass is 79.9. The van der Waals surface area contributed by atoms with Gasteiger partial charge < -0.3 is 10.2 Å². The number of piperazine rings is 1. The Morgan fingerprint density at radius 3 is 2.55 bits per heavy atom. The fraction of sp³-hybridized carbons (Fsp3) is 0.450. The van der Waals surface area contributed by atoms with E-state index in [9.17, 15) is 9.59 Å². The average Bonchev–Trinajstić information content (AvgIpc) is 3.40. The summed E-state index contributed by atoms with van der Waals surface area (Å²) in [6, 6.07) is 8.39. The van der Waals surface area contributed by atoms with Crippen molar-refractivity contribution in [1.29, 1.82) is 0 Å². The van der Waals surface area contributed by atoms with Gasteiger partial charge in [0.15, 0.2) is 5.16 Å². The van der Waals surface area contributed by atoms with Crippen LogP contribution in [0, 0.1) is 0 Å². The van der Waals surface area contributed by atoms with E-state index >= 15 is 0 Å². The van der Waals surface area contributed by atoms with Crippen molar-refractivity contribution < 1.29 is 9.59 Å². The third kappa shape index (κ3) is 5.61. The molecular weight excluding hydrogens is 454 g/mol. The van der Waals surface area contributed by atoms with Crippen molar-refractivity contribution in [2.45, 2.75) is 24.0 Å². The van der Waals surface area contributed by atoms with Crippen LogP contribution in [0.2, 0.25) is 0 Å². The molecule has 0 bridgehead atoms. The zero-order valence-electron chi connectivity index (χ0n) is 16.1. The van der Waals surface area contributed by atoms with Crippen LogP contribution >= 0.6 is 27.7 Å². The van der Waals surface area contributed by atoms with E-state index in [0.29, 0.717) is 31.4 Å². The molecule has 1 N–H and O–H groups in total. The van der Waals surface area contributed by atoms with Crippen LogP contribution in [-0.2, 0) is 9.59 Å². The molecule has 1 aromatic heterocycles. The van der Waals surface area contributed by atoms with E-state index in [1.54, 1.807) is 6.20 Å². The number of benzene rings is 1. The smallest absolute Gasteiger partial charge is 0.234 e. The number of aromatic nitrogens is 2. The first kappa shape index (κ1) is 20.4. The summed E-state index contributed by atoms with van der Waals surface area (Å²) in [5.74, 6) is 0.570. The van der Waals surface area contributed by atoms with Gasteiger partial charge in [-0.15, -0.1) is 0 Å². The Labute approximate surface area is 183 Å². The molecule has 2 amide bonds. The molecule has 1 aromatic carbocycles. The van der Waals surface area contributed by atoms with Crippen LogP contribution in [0.1, 0.15) is 12.8 Å². The zero-order chi connectivity index (χ0) is 20.2. The second kappa shape index (κ2) is 9.32. The van der Waals surface area contributed by atoms with Crippen molar-refractivity contribution in [1.82, 2.24) is 24.7 Å². The minimum atomic E-state index is 0.0996. The maximum atomic E-state index is 12.6. The number of nitrogens with one attached hydrogen (secondary N) is 1. The minimum Gasteiger partial charge on any atom is -0.352 e. The van der Waals surface area contributed by atoms with Crippen molar-refractivity contribution in [3.05, 3.63) is 41.1 Å². The van der Waals surface area contributed by atoms with Crippen LogP contribution in [0.15, 0.2) is 46.3 Å². The third-order valence-corrected chi connectivity index (χ3v) is 6.55. The summed E-state index contributed by atoms with van der Waals surface area (Å²) >= 11 is 4.90. The molecule has 0 spiro atoms. The highest BCUT2D eigenvalue weighted by molar-refractivity contribution is 9.10. The molecule has 2 aliphatic rings. The van der Waals surface area contributed by atoms with Gasteiger partial charge in [-0.1, -0.05) is 27.7 Å². The van der Waals surface area contributed by atoms with Crippen LogP contribution in [0.4, 0.5) is 0 Å². The van der Waals surface area contributed by atoms with E-state index < -0.39 is 0 Å². The van der Waals surface area contributed by atoms with E-state index in [-0.39, 0.29) is 11.8 Å². The lowest BCUT2D eigenvalue weighted by Crippen LogP contribution is -2.51. The molecule has 0 unspecified atom stereocenters. The van der Waals surface area contributed by atoms with Gasteiger partial charge in [-0.3, -0.25) is 19.1 Å². The van der Waals surface area contributed by atoms with Gasteiger partial charge in [0.25, 0.3) is 0 Å². The van der Waals surface area contributed by atoms with Crippen molar-refractivity contribution in [3.63, 3.8) is 0 Å². The molecule has 1 aliphatic heterocycles. The Morgan fingerprint density at radius 2 is 1.86 bits per heavy atom. The van der Waals surface area contributed by atoms with Gasteiger partial charge in [0, 0.05) is 54.8 Å². The van der Waals surface area contributed by atoms with Crippen molar-refractivity contribution in [2.75, 3.05) is 38.5 Å². The third-order valence-electron chi connectivity index (χ3n) is 5.07. The van der Waals surface area contributed by atoms with Crippen LogP contribution in [0.3, 0.4) is 0 Å². The standard InChI is InChI=1S/C20H24BrN5O2S/c21-15-1-5-17(6-2-15)26-8-7-22-20(26)29-14-19(28)25-11-9-24(10-12-25)13-18(27)23-16-3-4-16/h1-2,5-8,16H,3-4,9-14H2,(H,23,27). The lowest BCUT2D eigenvalue weighted by Gasteiger charge is -2.34. The number of carbonyl (C=O) groups excluding carboxylic acids is 2. The first-order valence-corrected chi connectivity index (χ1v) is 11.6. The Balaban J connectivity index is 1.24. The molecule has 4 rings (SSSR count). The number of amides is 2. The summed E-state index contributed by atoms with van der Waals surface area (Å²) in [4.78, 5) is 33.0. The molecule has 154 valence electrons. The molecule has 1 saturated heterocycles. The second-order valence-corrected chi connectivity index (χ2v) is 9.20. The van der Waals surface area contributed by atoms with Crippen LogP contribution in [-0.4, -0.2) is 75.7 Å². The Kier molecular flexibility index (Phi) is 6.56. The number of rotatable bonds is 7. The highest BCUT2D eigenvalue weighted by Crippen LogP contribution is 2.22. The average molecular weight is 478 g/mol. The molecule has 2 aromatic rings. The number of hydrogen-bond acceptors (Lipinski definition) is 5. The number of hydrogen-bond donors (Lipinski definition) is 1. The number of halogens is 1. The van der Waals surface area contributed by atoms with Gasteiger partial charge in [0.05, 0.1) is 12.3 Å². The van der Waals surface area contributed by atoms with E-state index in [1.165, 1.54) is 11.8 Å². The van der Waals surface area contributed by atoms with Crippen LogP contribution in [0.5, 0.6) is 0 Å². The van der Waals surface area contributed by atoms with Gasteiger partial charge in [-0.2, -0.15) is 0 Å². The summed E-state index contributed by atoms with van der Waals surface area (Å²) in [5.41, 5.74) is 1.01. The van der Waals surface area contributed by atoms with E-state index in [4.69, 9.17) is 0 Å². The van der Waals surface area contributed by atoms with Gasteiger partial charge in [0.2, 0.25) is 11.8 Å². The lowest BCUT2D eigenvalue weighted by molar-refractivity contribution is -0.130. The monoisotopic (exact) mass is 477 g/mol. The fourth-order valence-electron chi connectivity index (χ4n) is 3.27. The van der Waals surface area contributed by atoms with Crippen molar-refractivity contribution >= 4 is 39.5 Å². The van der Waals surface area contributed by atoms with E-state index in [2.05, 4.69) is 31.1 Å². The quantitative estimate of drug-likeness (QED) is 0.618. The largest absolute Gasteiger partial charge is 0.352 e. The van der Waals surface area contributed by atoms with Gasteiger partial charge >= 0.3 is 0 Å². The molecule has 0 radical (unpaired) electrons. The molecular formula is C20H24BrN5O2S. The van der Waals surface area contributed by atoms with Gasteiger partial charge in [-0.25, -0.2) is 4.98 Å². The summed E-state index contributed by atoms with van der Waals surface area (Å²) in [6.45, 7) is 3.23. The van der Waals surface area contributed by atoms with Crippen molar-refractivity contribution in [3.8, 4) is 5.69 Å². The van der Waals surface area contributed by atoms with Crippen LogP contribution < -0.4 is 5.32 Å². The normalized spacial score (nSPS) is 17.3. The number of thioether (sulfide) groups is 1. The molecule has 1 aliphatic carbocycles.